The van der Waals surface area contributed by atoms with Crippen LogP contribution in [0.25, 0.3) is 0 Å². The molecule has 1 amide bonds. The molecule has 0 saturated heterocycles. The first kappa shape index (κ1) is 12.9. The summed E-state index contributed by atoms with van der Waals surface area (Å²) < 4.78 is 0. The highest BCUT2D eigenvalue weighted by Crippen LogP contribution is 2.13. The molecule has 0 fully saturated rings. The SMILES string of the molecule is O=C1NCCN=C1CC(=O)c1ccc([N+](=O)[O-])cc1. The van der Waals surface area contributed by atoms with Crippen molar-refractivity contribution < 1.29 is 14.5 Å². The summed E-state index contributed by atoms with van der Waals surface area (Å²) in [6.45, 7) is 0.947. The molecule has 2 rings (SSSR count). The zero-order chi connectivity index (χ0) is 13.8. The molecule has 98 valence electrons. The molecule has 7 nitrogen and oxygen atoms in total. The minimum absolute atomic E-state index is 0.0794. The van der Waals surface area contributed by atoms with Crippen molar-refractivity contribution in [2.45, 2.75) is 6.42 Å². The molecule has 1 heterocycles. The van der Waals surface area contributed by atoms with Gasteiger partial charge in [0.15, 0.2) is 5.78 Å². The third-order valence-corrected chi connectivity index (χ3v) is 2.69. The zero-order valence-electron chi connectivity index (χ0n) is 9.96. The summed E-state index contributed by atoms with van der Waals surface area (Å²) in [7, 11) is 0. The van der Waals surface area contributed by atoms with E-state index in [1.54, 1.807) is 0 Å². The van der Waals surface area contributed by atoms with Crippen LogP contribution in [0, 0.1) is 10.1 Å². The second kappa shape index (κ2) is 5.38. The fourth-order valence-corrected chi connectivity index (χ4v) is 1.69. The number of nitrogens with zero attached hydrogens (tertiary/aromatic N) is 2. The van der Waals surface area contributed by atoms with Crippen LogP contribution in [0.1, 0.15) is 16.8 Å². The minimum Gasteiger partial charge on any atom is -0.349 e. The van der Waals surface area contributed by atoms with Gasteiger partial charge in [0.2, 0.25) is 0 Å². The Balaban J connectivity index is 2.09. The molecule has 0 unspecified atom stereocenters. The number of non-ortho nitro benzene ring substituents is 1. The predicted molar refractivity (Wildman–Crippen MR) is 67.4 cm³/mol. The van der Waals surface area contributed by atoms with Gasteiger partial charge >= 0.3 is 0 Å². The van der Waals surface area contributed by atoms with Crippen molar-refractivity contribution in [1.29, 1.82) is 0 Å². The van der Waals surface area contributed by atoms with Gasteiger partial charge in [-0.2, -0.15) is 0 Å². The van der Waals surface area contributed by atoms with Gasteiger partial charge in [0.25, 0.3) is 11.6 Å². The van der Waals surface area contributed by atoms with Gasteiger partial charge in [0, 0.05) is 24.2 Å². The molecule has 0 radical (unpaired) electrons. The van der Waals surface area contributed by atoms with Gasteiger partial charge in [-0.15, -0.1) is 0 Å². The van der Waals surface area contributed by atoms with Crippen LogP contribution in [-0.4, -0.2) is 35.4 Å². The third kappa shape index (κ3) is 3.01. The van der Waals surface area contributed by atoms with Crippen LogP contribution in [0.15, 0.2) is 29.3 Å². The Morgan fingerprint density at radius 2 is 2.05 bits per heavy atom. The number of aliphatic imine (C=N–C) groups is 1. The molecule has 0 atom stereocenters. The fourth-order valence-electron chi connectivity index (χ4n) is 1.69. The molecule has 0 spiro atoms. The number of ketones is 1. The second-order valence-corrected chi connectivity index (χ2v) is 3.99. The molecule has 1 aromatic rings. The number of hydrogen-bond donors (Lipinski definition) is 1. The van der Waals surface area contributed by atoms with E-state index in [4.69, 9.17) is 0 Å². The number of carbonyl (C=O) groups excluding carboxylic acids is 2. The Hall–Kier alpha value is -2.57. The Labute approximate surface area is 108 Å². The maximum absolute atomic E-state index is 11.9. The Bertz CT molecular complexity index is 563. The van der Waals surface area contributed by atoms with E-state index in [-0.39, 0.29) is 29.5 Å². The van der Waals surface area contributed by atoms with E-state index >= 15 is 0 Å². The van der Waals surface area contributed by atoms with Crippen molar-refractivity contribution in [1.82, 2.24) is 5.32 Å². The Morgan fingerprint density at radius 1 is 1.37 bits per heavy atom. The van der Waals surface area contributed by atoms with Crippen molar-refractivity contribution in [3.05, 3.63) is 39.9 Å². The third-order valence-electron chi connectivity index (χ3n) is 2.69. The van der Waals surface area contributed by atoms with E-state index in [0.717, 1.165) is 0 Å². The van der Waals surface area contributed by atoms with Crippen LogP contribution in [0.4, 0.5) is 5.69 Å². The van der Waals surface area contributed by atoms with Gasteiger partial charge in [-0.25, -0.2) is 0 Å². The first-order valence-electron chi connectivity index (χ1n) is 5.67. The van der Waals surface area contributed by atoms with E-state index in [9.17, 15) is 19.7 Å². The van der Waals surface area contributed by atoms with E-state index in [2.05, 4.69) is 10.3 Å². The van der Waals surface area contributed by atoms with Crippen molar-refractivity contribution in [3.8, 4) is 0 Å². The van der Waals surface area contributed by atoms with E-state index in [1.165, 1.54) is 24.3 Å². The number of nitro benzene ring substituents is 1. The van der Waals surface area contributed by atoms with Gasteiger partial charge in [0.1, 0.15) is 5.71 Å². The smallest absolute Gasteiger partial charge is 0.269 e. The predicted octanol–water partition coefficient (Wildman–Crippen LogP) is 0.738. The number of carbonyl (C=O) groups is 2. The highest BCUT2D eigenvalue weighted by molar-refractivity contribution is 6.43. The van der Waals surface area contributed by atoms with Crippen LogP contribution in [0.3, 0.4) is 0 Å². The van der Waals surface area contributed by atoms with Crippen molar-refractivity contribution >= 4 is 23.1 Å². The molecule has 1 aliphatic rings. The quantitative estimate of drug-likeness (QED) is 0.490. The topological polar surface area (TPSA) is 102 Å². The standard InChI is InChI=1S/C12H11N3O4/c16-11(7-10-12(17)14-6-5-13-10)8-1-3-9(4-2-8)15(18)19/h1-4H,5-7H2,(H,14,17). The number of Topliss-reactive ketones (excluding diaryl/α,β-unsaturated/α-hetero) is 1. The van der Waals surface area contributed by atoms with Crippen molar-refractivity contribution in [2.24, 2.45) is 4.99 Å². The number of nitrogens with one attached hydrogen (secondary N) is 1. The number of benzene rings is 1. The lowest BCUT2D eigenvalue weighted by molar-refractivity contribution is -0.384. The molecule has 1 aromatic carbocycles. The average Bonchev–Trinajstić information content (AvgIpc) is 2.41. The highest BCUT2D eigenvalue weighted by atomic mass is 16.6. The molecule has 0 saturated carbocycles. The number of nitro groups is 1. The maximum Gasteiger partial charge on any atom is 0.269 e. The average molecular weight is 261 g/mol. The van der Waals surface area contributed by atoms with Gasteiger partial charge in [-0.1, -0.05) is 0 Å². The first-order chi connectivity index (χ1) is 9.08. The highest BCUT2D eigenvalue weighted by Gasteiger charge is 2.19. The molecular formula is C12H11N3O4. The lowest BCUT2D eigenvalue weighted by atomic mass is 10.0. The summed E-state index contributed by atoms with van der Waals surface area (Å²) in [5.74, 6) is -0.618. The summed E-state index contributed by atoms with van der Waals surface area (Å²) in [6, 6.07) is 5.27. The molecular weight excluding hydrogens is 250 g/mol. The molecule has 1 N–H and O–H groups in total. The molecule has 19 heavy (non-hydrogen) atoms. The van der Waals surface area contributed by atoms with Crippen LogP contribution in [-0.2, 0) is 4.79 Å². The van der Waals surface area contributed by atoms with Gasteiger partial charge in [-0.3, -0.25) is 24.7 Å². The maximum atomic E-state index is 11.9. The summed E-state index contributed by atoms with van der Waals surface area (Å²) in [5.41, 5.74) is 0.450. The van der Waals surface area contributed by atoms with Crippen LogP contribution >= 0.6 is 0 Å². The van der Waals surface area contributed by atoms with Crippen molar-refractivity contribution in [3.63, 3.8) is 0 Å². The lowest BCUT2D eigenvalue weighted by Gasteiger charge is -2.11. The summed E-state index contributed by atoms with van der Waals surface area (Å²) in [4.78, 5) is 37.3. The number of rotatable bonds is 4. The molecule has 0 bridgehead atoms. The van der Waals surface area contributed by atoms with E-state index < -0.39 is 4.92 Å². The molecule has 7 heteroatoms. The Morgan fingerprint density at radius 3 is 2.63 bits per heavy atom. The molecule has 0 aliphatic carbocycles. The summed E-state index contributed by atoms with van der Waals surface area (Å²) >= 11 is 0. The monoisotopic (exact) mass is 261 g/mol. The Kier molecular flexibility index (Phi) is 3.65. The van der Waals surface area contributed by atoms with Crippen LogP contribution in [0.5, 0.6) is 0 Å². The minimum atomic E-state index is -0.535. The van der Waals surface area contributed by atoms with E-state index in [1.807, 2.05) is 0 Å². The van der Waals surface area contributed by atoms with Crippen LogP contribution < -0.4 is 5.32 Å². The molecule has 0 aromatic heterocycles. The normalized spacial score (nSPS) is 14.5. The van der Waals surface area contributed by atoms with E-state index in [0.29, 0.717) is 18.7 Å². The first-order valence-corrected chi connectivity index (χ1v) is 5.67. The fraction of sp³-hybridized carbons (Fsp3) is 0.250. The van der Waals surface area contributed by atoms with Gasteiger partial charge in [0.05, 0.1) is 17.9 Å². The molecule has 1 aliphatic heterocycles. The largest absolute Gasteiger partial charge is 0.349 e. The summed E-state index contributed by atoms with van der Waals surface area (Å²) in [6.07, 6.45) is -0.0936. The number of hydrogen-bond acceptors (Lipinski definition) is 5. The van der Waals surface area contributed by atoms with Gasteiger partial charge < -0.3 is 5.32 Å². The van der Waals surface area contributed by atoms with Crippen LogP contribution in [0.2, 0.25) is 0 Å². The second-order valence-electron chi connectivity index (χ2n) is 3.99. The summed E-state index contributed by atoms with van der Waals surface area (Å²) in [5, 5.41) is 13.1. The zero-order valence-corrected chi connectivity index (χ0v) is 9.96. The van der Waals surface area contributed by atoms with Crippen molar-refractivity contribution in [2.75, 3.05) is 13.1 Å². The lowest BCUT2D eigenvalue weighted by Crippen LogP contribution is -2.38. The van der Waals surface area contributed by atoms with Gasteiger partial charge in [-0.05, 0) is 12.1 Å². The number of amides is 1.